The maximum Gasteiger partial charge on any atom is 0.0916 e. The number of rotatable bonds is 5. The van der Waals surface area contributed by atoms with Crippen LogP contribution in [0.4, 0.5) is 0 Å². The zero-order chi connectivity index (χ0) is 13.7. The minimum Gasteiger partial charge on any atom is -0.387 e. The number of hydrogen-bond acceptors (Lipinski definition) is 2. The van der Waals surface area contributed by atoms with Gasteiger partial charge < -0.3 is 5.11 Å². The van der Waals surface area contributed by atoms with Crippen LogP contribution in [0.3, 0.4) is 0 Å². The molecule has 2 nitrogen and oxygen atoms in total. The van der Waals surface area contributed by atoms with E-state index in [1.807, 2.05) is 49.5 Å². The minimum atomic E-state index is -0.446. The summed E-state index contributed by atoms with van der Waals surface area (Å²) in [6.45, 7) is 5.32. The van der Waals surface area contributed by atoms with Gasteiger partial charge in [0.1, 0.15) is 0 Å². The largest absolute Gasteiger partial charge is 0.387 e. The second-order valence-electron chi connectivity index (χ2n) is 4.94. The lowest BCUT2D eigenvalue weighted by Crippen LogP contribution is -2.24. The first-order valence-electron chi connectivity index (χ1n) is 6.47. The van der Waals surface area contributed by atoms with Gasteiger partial charge >= 0.3 is 0 Å². The fraction of sp³-hybridized carbons (Fsp3) is 0.235. The van der Waals surface area contributed by atoms with Gasteiger partial charge in [0.05, 0.1) is 6.10 Å². The molecular weight excluding hydrogens is 234 g/mol. The minimum absolute atomic E-state index is 0.446. The summed E-state index contributed by atoms with van der Waals surface area (Å²) < 4.78 is 0. The normalized spacial score (nSPS) is 12.6. The van der Waals surface area contributed by atoms with Crippen LogP contribution < -0.4 is 0 Å². The zero-order valence-electron chi connectivity index (χ0n) is 11.3. The van der Waals surface area contributed by atoms with Crippen molar-refractivity contribution in [2.45, 2.75) is 12.6 Å². The maximum absolute atomic E-state index is 10.2. The lowest BCUT2D eigenvalue weighted by Gasteiger charge is -2.21. The van der Waals surface area contributed by atoms with E-state index in [1.165, 1.54) is 5.56 Å². The van der Waals surface area contributed by atoms with E-state index in [9.17, 15) is 5.11 Å². The fourth-order valence-electron chi connectivity index (χ4n) is 2.10. The molecule has 1 radical (unpaired) electrons. The molecule has 0 bridgehead atoms. The highest BCUT2D eigenvalue weighted by Crippen LogP contribution is 2.14. The molecule has 0 amide bonds. The summed E-state index contributed by atoms with van der Waals surface area (Å²) in [6, 6.07) is 17.9. The van der Waals surface area contributed by atoms with Gasteiger partial charge in [-0.1, -0.05) is 54.6 Å². The Morgan fingerprint density at radius 2 is 1.68 bits per heavy atom. The monoisotopic (exact) mass is 254 g/mol. The standard InChI is InChI=1S/C17H20NO/c1-14-8-10-15(11-9-14)12-18(2)13-17(19)16-6-4-3-5-7-16/h3-11,17,19H,1,12-13H2,2H3. The molecule has 0 saturated carbocycles. The van der Waals surface area contributed by atoms with Gasteiger partial charge in [0.2, 0.25) is 0 Å². The van der Waals surface area contributed by atoms with Crippen molar-refractivity contribution in [1.29, 1.82) is 0 Å². The first-order valence-corrected chi connectivity index (χ1v) is 6.47. The summed E-state index contributed by atoms with van der Waals surface area (Å²) in [5.41, 5.74) is 3.22. The van der Waals surface area contributed by atoms with E-state index < -0.39 is 6.10 Å². The first kappa shape index (κ1) is 13.8. The molecule has 99 valence electrons. The average molecular weight is 254 g/mol. The summed E-state index contributed by atoms with van der Waals surface area (Å²) in [5, 5.41) is 10.2. The molecule has 0 saturated heterocycles. The van der Waals surface area contributed by atoms with Crippen molar-refractivity contribution in [3.63, 3.8) is 0 Å². The number of hydrogen-bond donors (Lipinski definition) is 1. The predicted octanol–water partition coefficient (Wildman–Crippen LogP) is 3.03. The van der Waals surface area contributed by atoms with E-state index in [2.05, 4.69) is 24.0 Å². The predicted molar refractivity (Wildman–Crippen MR) is 78.6 cm³/mol. The van der Waals surface area contributed by atoms with Gasteiger partial charge in [0.25, 0.3) is 0 Å². The van der Waals surface area contributed by atoms with E-state index in [1.54, 1.807) is 0 Å². The topological polar surface area (TPSA) is 23.5 Å². The highest BCUT2D eigenvalue weighted by atomic mass is 16.3. The third kappa shape index (κ3) is 4.19. The summed E-state index contributed by atoms with van der Waals surface area (Å²) in [4.78, 5) is 2.12. The van der Waals surface area contributed by atoms with Gasteiger partial charge in [0, 0.05) is 13.1 Å². The van der Waals surface area contributed by atoms with Crippen LogP contribution in [0.2, 0.25) is 0 Å². The molecule has 0 heterocycles. The molecular formula is C17H20NO. The number of aliphatic hydroxyl groups is 1. The molecule has 0 aromatic heterocycles. The van der Waals surface area contributed by atoms with Crippen molar-refractivity contribution in [2.24, 2.45) is 0 Å². The van der Waals surface area contributed by atoms with Crippen molar-refractivity contribution in [3.8, 4) is 0 Å². The Bertz CT molecular complexity index is 492. The Hall–Kier alpha value is -1.64. The Morgan fingerprint density at radius 3 is 2.32 bits per heavy atom. The summed E-state index contributed by atoms with van der Waals surface area (Å²) >= 11 is 0. The SMILES string of the molecule is [CH2]c1ccc(CN(C)CC(O)c2ccccc2)cc1. The van der Waals surface area contributed by atoms with Crippen LogP contribution in [0.25, 0.3) is 0 Å². The van der Waals surface area contributed by atoms with Gasteiger partial charge in [-0.05, 0) is 30.7 Å². The Labute approximate surface area is 115 Å². The van der Waals surface area contributed by atoms with Gasteiger partial charge in [-0.25, -0.2) is 0 Å². The molecule has 0 aliphatic rings. The van der Waals surface area contributed by atoms with Crippen molar-refractivity contribution in [3.05, 3.63) is 78.2 Å². The molecule has 2 aromatic carbocycles. The van der Waals surface area contributed by atoms with E-state index in [0.717, 1.165) is 17.7 Å². The third-order valence-electron chi connectivity index (χ3n) is 3.14. The van der Waals surface area contributed by atoms with Crippen LogP contribution in [0.15, 0.2) is 54.6 Å². The van der Waals surface area contributed by atoms with E-state index >= 15 is 0 Å². The van der Waals surface area contributed by atoms with E-state index in [0.29, 0.717) is 6.54 Å². The van der Waals surface area contributed by atoms with Gasteiger partial charge in [0.15, 0.2) is 0 Å². The van der Waals surface area contributed by atoms with Crippen molar-refractivity contribution in [2.75, 3.05) is 13.6 Å². The van der Waals surface area contributed by atoms with Gasteiger partial charge in [-0.3, -0.25) is 4.90 Å². The smallest absolute Gasteiger partial charge is 0.0916 e. The fourth-order valence-corrected chi connectivity index (χ4v) is 2.10. The zero-order valence-corrected chi connectivity index (χ0v) is 11.3. The van der Waals surface area contributed by atoms with Crippen LogP contribution in [0.5, 0.6) is 0 Å². The molecule has 19 heavy (non-hydrogen) atoms. The van der Waals surface area contributed by atoms with Crippen molar-refractivity contribution in [1.82, 2.24) is 4.90 Å². The van der Waals surface area contributed by atoms with Crippen LogP contribution in [0, 0.1) is 6.92 Å². The molecule has 1 unspecified atom stereocenters. The number of nitrogens with zero attached hydrogens (tertiary/aromatic N) is 1. The lowest BCUT2D eigenvalue weighted by molar-refractivity contribution is 0.124. The number of likely N-dealkylation sites (N-methyl/N-ethyl adjacent to an activating group) is 1. The molecule has 2 heteroatoms. The average Bonchev–Trinajstić information content (AvgIpc) is 2.42. The highest BCUT2D eigenvalue weighted by molar-refractivity contribution is 5.24. The van der Waals surface area contributed by atoms with E-state index in [4.69, 9.17) is 0 Å². The molecule has 2 aromatic rings. The van der Waals surface area contributed by atoms with Crippen LogP contribution in [0.1, 0.15) is 22.8 Å². The Kier molecular flexibility index (Phi) is 4.72. The molecule has 2 rings (SSSR count). The molecule has 0 fully saturated rings. The van der Waals surface area contributed by atoms with Gasteiger partial charge in [-0.2, -0.15) is 0 Å². The van der Waals surface area contributed by atoms with Crippen LogP contribution in [-0.4, -0.2) is 23.6 Å². The lowest BCUT2D eigenvalue weighted by atomic mass is 10.1. The highest BCUT2D eigenvalue weighted by Gasteiger charge is 2.10. The second-order valence-corrected chi connectivity index (χ2v) is 4.94. The first-order chi connectivity index (χ1) is 9.15. The summed E-state index contributed by atoms with van der Waals surface area (Å²) in [5.74, 6) is 0. The van der Waals surface area contributed by atoms with E-state index in [-0.39, 0.29) is 0 Å². The quantitative estimate of drug-likeness (QED) is 0.886. The number of benzene rings is 2. The maximum atomic E-state index is 10.2. The molecule has 0 spiro atoms. The Balaban J connectivity index is 1.90. The summed E-state index contributed by atoms with van der Waals surface area (Å²) in [6.07, 6.45) is -0.446. The molecule has 1 N–H and O–H groups in total. The summed E-state index contributed by atoms with van der Waals surface area (Å²) in [7, 11) is 2.02. The second kappa shape index (κ2) is 6.50. The van der Waals surface area contributed by atoms with Crippen molar-refractivity contribution < 1.29 is 5.11 Å². The molecule has 1 atom stereocenters. The van der Waals surface area contributed by atoms with Gasteiger partial charge in [-0.15, -0.1) is 0 Å². The van der Waals surface area contributed by atoms with Crippen molar-refractivity contribution >= 4 is 0 Å². The third-order valence-corrected chi connectivity index (χ3v) is 3.14. The van der Waals surface area contributed by atoms with Crippen LogP contribution >= 0.6 is 0 Å². The molecule has 0 aliphatic carbocycles. The molecule has 0 aliphatic heterocycles. The number of aliphatic hydroxyl groups excluding tert-OH is 1. The Morgan fingerprint density at radius 1 is 1.05 bits per heavy atom. The van der Waals surface area contributed by atoms with Crippen LogP contribution in [-0.2, 0) is 6.54 Å².